The van der Waals surface area contributed by atoms with Crippen molar-refractivity contribution in [1.29, 1.82) is 0 Å². The van der Waals surface area contributed by atoms with Crippen molar-refractivity contribution in [3.63, 3.8) is 0 Å². The fraction of sp³-hybridized carbons (Fsp3) is 0.462. The molecule has 0 unspecified atom stereocenters. The van der Waals surface area contributed by atoms with Crippen LogP contribution in [0.4, 0.5) is 5.69 Å². The molecule has 1 aromatic rings. The highest BCUT2D eigenvalue weighted by atomic mass is 16.1. The van der Waals surface area contributed by atoms with Gasteiger partial charge in [0.05, 0.1) is 0 Å². The number of rotatable bonds is 1. The standard InChI is InChI=1S/C13H16N2O/c16-13-5-4-10-11(13)2-1-3-12(10)15-8-6-14-7-9-15/h1-3,14H,4-9H2. The zero-order chi connectivity index (χ0) is 11.0. The highest BCUT2D eigenvalue weighted by Crippen LogP contribution is 2.31. The maximum absolute atomic E-state index is 11.7. The van der Waals surface area contributed by atoms with Gasteiger partial charge in [0, 0.05) is 43.9 Å². The fourth-order valence-electron chi connectivity index (χ4n) is 2.67. The first-order valence-electron chi connectivity index (χ1n) is 5.97. The zero-order valence-electron chi connectivity index (χ0n) is 9.33. The smallest absolute Gasteiger partial charge is 0.163 e. The summed E-state index contributed by atoms with van der Waals surface area (Å²) in [6, 6.07) is 6.14. The Kier molecular flexibility index (Phi) is 2.40. The van der Waals surface area contributed by atoms with Gasteiger partial charge in [0.15, 0.2) is 5.78 Å². The SMILES string of the molecule is O=C1CCc2c1cccc2N1CCNCC1. The van der Waals surface area contributed by atoms with Crippen molar-refractivity contribution in [3.05, 3.63) is 29.3 Å². The number of nitrogens with zero attached hydrogens (tertiary/aromatic N) is 1. The third-order valence-electron chi connectivity index (χ3n) is 3.51. The van der Waals surface area contributed by atoms with Crippen LogP contribution in [0, 0.1) is 0 Å². The molecule has 0 bridgehead atoms. The van der Waals surface area contributed by atoms with Gasteiger partial charge in [-0.1, -0.05) is 12.1 Å². The van der Waals surface area contributed by atoms with Crippen LogP contribution in [0.1, 0.15) is 22.3 Å². The van der Waals surface area contributed by atoms with Crippen LogP contribution in [0.2, 0.25) is 0 Å². The monoisotopic (exact) mass is 216 g/mol. The number of hydrogen-bond donors (Lipinski definition) is 1. The molecule has 1 aromatic carbocycles. The minimum atomic E-state index is 0.312. The Hall–Kier alpha value is -1.35. The Morgan fingerprint density at radius 3 is 2.75 bits per heavy atom. The van der Waals surface area contributed by atoms with Gasteiger partial charge in [0.1, 0.15) is 0 Å². The van der Waals surface area contributed by atoms with E-state index in [4.69, 9.17) is 0 Å². The average Bonchev–Trinajstić information content (AvgIpc) is 2.73. The van der Waals surface area contributed by atoms with Crippen molar-refractivity contribution in [2.45, 2.75) is 12.8 Å². The van der Waals surface area contributed by atoms with E-state index < -0.39 is 0 Å². The van der Waals surface area contributed by atoms with E-state index in [0.29, 0.717) is 12.2 Å². The van der Waals surface area contributed by atoms with Crippen molar-refractivity contribution in [2.24, 2.45) is 0 Å². The van der Waals surface area contributed by atoms with E-state index in [1.54, 1.807) is 0 Å². The fourth-order valence-corrected chi connectivity index (χ4v) is 2.67. The molecule has 1 fully saturated rings. The second-order valence-electron chi connectivity index (χ2n) is 4.46. The van der Waals surface area contributed by atoms with Crippen LogP contribution in [0.15, 0.2) is 18.2 Å². The summed E-state index contributed by atoms with van der Waals surface area (Å²) >= 11 is 0. The second kappa shape index (κ2) is 3.91. The Morgan fingerprint density at radius 1 is 1.12 bits per heavy atom. The molecule has 0 aromatic heterocycles. The van der Waals surface area contributed by atoms with E-state index in [2.05, 4.69) is 16.3 Å². The van der Waals surface area contributed by atoms with Crippen molar-refractivity contribution >= 4 is 11.5 Å². The lowest BCUT2D eigenvalue weighted by Gasteiger charge is -2.31. The molecule has 3 heteroatoms. The lowest BCUT2D eigenvalue weighted by Crippen LogP contribution is -2.43. The molecular weight excluding hydrogens is 200 g/mol. The predicted molar refractivity (Wildman–Crippen MR) is 64.2 cm³/mol. The summed E-state index contributed by atoms with van der Waals surface area (Å²) in [5, 5.41) is 3.35. The number of carbonyl (C=O) groups is 1. The third-order valence-corrected chi connectivity index (χ3v) is 3.51. The summed E-state index contributed by atoms with van der Waals surface area (Å²) in [4.78, 5) is 14.1. The van der Waals surface area contributed by atoms with Gasteiger partial charge in [-0.25, -0.2) is 0 Å². The molecule has 1 saturated heterocycles. The number of piperazine rings is 1. The number of ketones is 1. The molecule has 1 heterocycles. The van der Waals surface area contributed by atoms with Crippen LogP contribution >= 0.6 is 0 Å². The number of Topliss-reactive ketones (excluding diaryl/α,β-unsaturated/α-hetero) is 1. The van der Waals surface area contributed by atoms with Gasteiger partial charge >= 0.3 is 0 Å². The summed E-state index contributed by atoms with van der Waals surface area (Å²) < 4.78 is 0. The van der Waals surface area contributed by atoms with Gasteiger partial charge in [-0.05, 0) is 18.1 Å². The van der Waals surface area contributed by atoms with Crippen molar-refractivity contribution in [3.8, 4) is 0 Å². The van der Waals surface area contributed by atoms with E-state index in [0.717, 1.165) is 38.2 Å². The number of benzene rings is 1. The lowest BCUT2D eigenvalue weighted by molar-refractivity contribution is 0.0994. The highest BCUT2D eigenvalue weighted by molar-refractivity contribution is 6.02. The van der Waals surface area contributed by atoms with E-state index in [9.17, 15) is 4.79 Å². The van der Waals surface area contributed by atoms with Crippen LogP contribution in [-0.2, 0) is 6.42 Å². The Balaban J connectivity index is 1.98. The topological polar surface area (TPSA) is 32.3 Å². The molecule has 0 saturated carbocycles. The van der Waals surface area contributed by atoms with E-state index in [-0.39, 0.29) is 0 Å². The molecule has 84 valence electrons. The van der Waals surface area contributed by atoms with Crippen molar-refractivity contribution in [2.75, 3.05) is 31.1 Å². The maximum atomic E-state index is 11.7. The quantitative estimate of drug-likeness (QED) is 0.766. The molecule has 2 aliphatic rings. The van der Waals surface area contributed by atoms with E-state index >= 15 is 0 Å². The molecule has 1 aliphatic heterocycles. The summed E-state index contributed by atoms with van der Waals surface area (Å²) in [5.41, 5.74) is 3.51. The first-order chi connectivity index (χ1) is 7.86. The summed E-state index contributed by atoms with van der Waals surface area (Å²) in [7, 11) is 0. The van der Waals surface area contributed by atoms with Gasteiger partial charge in [-0.15, -0.1) is 0 Å². The molecule has 16 heavy (non-hydrogen) atoms. The van der Waals surface area contributed by atoms with Crippen molar-refractivity contribution in [1.82, 2.24) is 5.32 Å². The predicted octanol–water partition coefficient (Wildman–Crippen LogP) is 1.23. The number of anilines is 1. The highest BCUT2D eigenvalue weighted by Gasteiger charge is 2.24. The van der Waals surface area contributed by atoms with Crippen molar-refractivity contribution < 1.29 is 4.79 Å². The van der Waals surface area contributed by atoms with Crippen LogP contribution in [-0.4, -0.2) is 32.0 Å². The van der Waals surface area contributed by atoms with Crippen LogP contribution in [0.5, 0.6) is 0 Å². The van der Waals surface area contributed by atoms with Gasteiger partial charge < -0.3 is 10.2 Å². The van der Waals surface area contributed by atoms with Crippen LogP contribution < -0.4 is 10.2 Å². The molecule has 1 aliphatic carbocycles. The molecule has 3 nitrogen and oxygen atoms in total. The Morgan fingerprint density at radius 2 is 1.94 bits per heavy atom. The normalized spacial score (nSPS) is 20.0. The molecule has 0 spiro atoms. The number of fused-ring (bicyclic) bond motifs is 1. The van der Waals surface area contributed by atoms with Gasteiger partial charge in [-0.3, -0.25) is 4.79 Å². The van der Waals surface area contributed by atoms with E-state index in [1.165, 1.54) is 11.3 Å². The van der Waals surface area contributed by atoms with Crippen LogP contribution in [0.3, 0.4) is 0 Å². The average molecular weight is 216 g/mol. The Bertz CT molecular complexity index is 422. The molecule has 1 N–H and O–H groups in total. The van der Waals surface area contributed by atoms with E-state index in [1.807, 2.05) is 12.1 Å². The van der Waals surface area contributed by atoms with Gasteiger partial charge in [0.2, 0.25) is 0 Å². The zero-order valence-corrected chi connectivity index (χ0v) is 9.33. The third kappa shape index (κ3) is 1.52. The minimum Gasteiger partial charge on any atom is -0.369 e. The molecular formula is C13H16N2O. The second-order valence-corrected chi connectivity index (χ2v) is 4.46. The number of hydrogen-bond acceptors (Lipinski definition) is 3. The first kappa shape index (κ1) is 9.85. The van der Waals surface area contributed by atoms with Gasteiger partial charge in [-0.2, -0.15) is 0 Å². The molecule has 0 amide bonds. The van der Waals surface area contributed by atoms with Crippen LogP contribution in [0.25, 0.3) is 0 Å². The summed E-state index contributed by atoms with van der Waals surface area (Å²) in [5.74, 6) is 0.312. The molecule has 3 rings (SSSR count). The molecule has 0 atom stereocenters. The Labute approximate surface area is 95.4 Å². The summed E-state index contributed by atoms with van der Waals surface area (Å²) in [6.45, 7) is 4.17. The first-order valence-corrected chi connectivity index (χ1v) is 5.97. The minimum absolute atomic E-state index is 0.312. The lowest BCUT2D eigenvalue weighted by atomic mass is 10.1. The van der Waals surface area contributed by atoms with Gasteiger partial charge in [0.25, 0.3) is 0 Å². The maximum Gasteiger partial charge on any atom is 0.163 e. The largest absolute Gasteiger partial charge is 0.369 e. The molecule has 0 radical (unpaired) electrons. The summed E-state index contributed by atoms with van der Waals surface area (Å²) in [6.07, 6.45) is 1.62. The number of carbonyl (C=O) groups excluding carboxylic acids is 1. The number of nitrogens with one attached hydrogen (secondary N) is 1.